The van der Waals surface area contributed by atoms with E-state index in [4.69, 9.17) is 0 Å². The van der Waals surface area contributed by atoms with Crippen LogP contribution in [-0.4, -0.2) is 12.1 Å². The van der Waals surface area contributed by atoms with Crippen LogP contribution < -0.4 is 5.32 Å². The van der Waals surface area contributed by atoms with Crippen LogP contribution in [-0.2, 0) is 0 Å². The fraction of sp³-hybridized carbons (Fsp3) is 1.00. The fourth-order valence-electron chi connectivity index (χ4n) is 2.71. The van der Waals surface area contributed by atoms with E-state index >= 15 is 0 Å². The van der Waals surface area contributed by atoms with Gasteiger partial charge in [0.15, 0.2) is 0 Å². The summed E-state index contributed by atoms with van der Waals surface area (Å²) in [6.07, 6.45) is 11.6. The molecule has 0 radical (unpaired) electrons. The molecule has 0 amide bonds. The minimum Gasteiger partial charge on any atom is -0.311 e. The van der Waals surface area contributed by atoms with Crippen LogP contribution in [0.2, 0.25) is 0 Å². The molecule has 0 aliphatic heterocycles. The first kappa shape index (κ1) is 12.3. The van der Waals surface area contributed by atoms with Crippen LogP contribution in [0.3, 0.4) is 0 Å². The van der Waals surface area contributed by atoms with Crippen molar-refractivity contribution >= 4 is 12.4 Å². The van der Waals surface area contributed by atoms with Crippen LogP contribution in [0.15, 0.2) is 0 Å². The Kier molecular flexibility index (Phi) is 5.25. The summed E-state index contributed by atoms with van der Waals surface area (Å²) in [5, 5.41) is 3.83. The van der Waals surface area contributed by atoms with Crippen molar-refractivity contribution < 1.29 is 0 Å². The molecule has 0 spiro atoms. The molecule has 0 bridgehead atoms. The van der Waals surface area contributed by atoms with E-state index in [1.165, 1.54) is 51.4 Å². The summed E-state index contributed by atoms with van der Waals surface area (Å²) < 4.78 is 0. The second-order valence-electron chi connectivity index (χ2n) is 4.89. The maximum absolute atomic E-state index is 3.83. The van der Waals surface area contributed by atoms with E-state index < -0.39 is 0 Å². The summed E-state index contributed by atoms with van der Waals surface area (Å²) in [6, 6.07) is 1.78. The predicted octanol–water partition coefficient (Wildman–Crippen LogP) is 3.52. The molecule has 2 unspecified atom stereocenters. The monoisotopic (exact) mass is 217 g/mol. The average Bonchev–Trinajstić information content (AvgIpc) is 2.86. The van der Waals surface area contributed by atoms with Gasteiger partial charge >= 0.3 is 0 Å². The molecular weight excluding hydrogens is 194 g/mol. The van der Waals surface area contributed by atoms with Gasteiger partial charge in [-0.2, -0.15) is 0 Å². The Balaban J connectivity index is 0.000000980. The van der Waals surface area contributed by atoms with E-state index in [0.717, 1.165) is 18.0 Å². The molecule has 2 aliphatic carbocycles. The molecular formula is C12H24ClN. The normalized spacial score (nSPS) is 32.4. The lowest BCUT2D eigenvalue weighted by Crippen LogP contribution is -2.33. The Bertz CT molecular complexity index is 154. The predicted molar refractivity (Wildman–Crippen MR) is 64.1 cm³/mol. The first-order valence-electron chi connectivity index (χ1n) is 6.16. The standard InChI is InChI=1S/C12H23N.ClH/c1-2-6-10-9-12(10)13-11-7-4-3-5-8-11;/h10-13H,2-9H2,1H3;1H. The first-order chi connectivity index (χ1) is 6.40. The number of nitrogens with one attached hydrogen (secondary N) is 1. The molecule has 2 heteroatoms. The fourth-order valence-corrected chi connectivity index (χ4v) is 2.71. The van der Waals surface area contributed by atoms with E-state index in [1.54, 1.807) is 0 Å². The van der Waals surface area contributed by atoms with E-state index in [9.17, 15) is 0 Å². The molecule has 0 aromatic heterocycles. The highest BCUT2D eigenvalue weighted by Crippen LogP contribution is 2.35. The van der Waals surface area contributed by atoms with Crippen molar-refractivity contribution in [1.29, 1.82) is 0 Å². The van der Waals surface area contributed by atoms with Crippen molar-refractivity contribution in [3.05, 3.63) is 0 Å². The van der Waals surface area contributed by atoms with Gasteiger partial charge < -0.3 is 5.32 Å². The lowest BCUT2D eigenvalue weighted by Gasteiger charge is -2.23. The highest BCUT2D eigenvalue weighted by atomic mass is 35.5. The van der Waals surface area contributed by atoms with E-state index in [2.05, 4.69) is 12.2 Å². The number of hydrogen-bond donors (Lipinski definition) is 1. The van der Waals surface area contributed by atoms with Crippen molar-refractivity contribution in [2.24, 2.45) is 5.92 Å². The molecule has 2 aliphatic rings. The second kappa shape index (κ2) is 5.97. The van der Waals surface area contributed by atoms with Crippen molar-refractivity contribution in [2.75, 3.05) is 0 Å². The third-order valence-corrected chi connectivity index (χ3v) is 3.64. The highest BCUT2D eigenvalue weighted by molar-refractivity contribution is 5.85. The Morgan fingerprint density at radius 3 is 2.50 bits per heavy atom. The smallest absolute Gasteiger partial charge is 0.0102 e. The minimum atomic E-state index is 0. The molecule has 2 rings (SSSR count). The van der Waals surface area contributed by atoms with Gasteiger partial charge in [-0.05, 0) is 31.6 Å². The van der Waals surface area contributed by atoms with Crippen LogP contribution >= 0.6 is 12.4 Å². The summed E-state index contributed by atoms with van der Waals surface area (Å²) >= 11 is 0. The molecule has 84 valence electrons. The van der Waals surface area contributed by atoms with Gasteiger partial charge in [0.25, 0.3) is 0 Å². The third-order valence-electron chi connectivity index (χ3n) is 3.64. The Morgan fingerprint density at radius 2 is 1.86 bits per heavy atom. The second-order valence-corrected chi connectivity index (χ2v) is 4.89. The van der Waals surface area contributed by atoms with E-state index in [-0.39, 0.29) is 12.4 Å². The Hall–Kier alpha value is 0.250. The van der Waals surface area contributed by atoms with Crippen LogP contribution in [0, 0.1) is 5.92 Å². The van der Waals surface area contributed by atoms with Gasteiger partial charge in [-0.15, -0.1) is 12.4 Å². The van der Waals surface area contributed by atoms with Gasteiger partial charge in [-0.3, -0.25) is 0 Å². The van der Waals surface area contributed by atoms with Gasteiger partial charge in [0.1, 0.15) is 0 Å². The van der Waals surface area contributed by atoms with Crippen LogP contribution in [0.25, 0.3) is 0 Å². The molecule has 0 saturated heterocycles. The molecule has 1 N–H and O–H groups in total. The molecule has 2 saturated carbocycles. The zero-order valence-corrected chi connectivity index (χ0v) is 10.1. The van der Waals surface area contributed by atoms with Crippen LogP contribution in [0.1, 0.15) is 58.3 Å². The van der Waals surface area contributed by atoms with Gasteiger partial charge in [0.2, 0.25) is 0 Å². The summed E-state index contributed by atoms with van der Waals surface area (Å²) in [5.41, 5.74) is 0. The van der Waals surface area contributed by atoms with Crippen molar-refractivity contribution in [2.45, 2.75) is 70.4 Å². The number of halogens is 1. The van der Waals surface area contributed by atoms with Gasteiger partial charge in [0.05, 0.1) is 0 Å². The molecule has 0 aromatic carbocycles. The Labute approximate surface area is 94.4 Å². The summed E-state index contributed by atoms with van der Waals surface area (Å²) in [7, 11) is 0. The van der Waals surface area contributed by atoms with Crippen LogP contribution in [0.5, 0.6) is 0 Å². The molecule has 2 atom stereocenters. The minimum absolute atomic E-state index is 0. The van der Waals surface area contributed by atoms with Crippen molar-refractivity contribution in [1.82, 2.24) is 5.32 Å². The summed E-state index contributed by atoms with van der Waals surface area (Å²) in [5.74, 6) is 1.03. The zero-order chi connectivity index (χ0) is 9.10. The summed E-state index contributed by atoms with van der Waals surface area (Å²) in [6.45, 7) is 2.30. The van der Waals surface area contributed by atoms with Crippen molar-refractivity contribution in [3.8, 4) is 0 Å². The lowest BCUT2D eigenvalue weighted by molar-refractivity contribution is 0.364. The van der Waals surface area contributed by atoms with E-state index in [1.807, 2.05) is 0 Å². The first-order valence-corrected chi connectivity index (χ1v) is 6.16. The SMILES string of the molecule is CCCC1CC1NC1CCCCC1.Cl. The molecule has 1 nitrogen and oxygen atoms in total. The molecule has 0 aromatic rings. The maximum atomic E-state index is 3.83. The maximum Gasteiger partial charge on any atom is 0.0102 e. The molecule has 0 heterocycles. The van der Waals surface area contributed by atoms with E-state index in [0.29, 0.717) is 0 Å². The molecule has 14 heavy (non-hydrogen) atoms. The van der Waals surface area contributed by atoms with Gasteiger partial charge in [0, 0.05) is 12.1 Å². The topological polar surface area (TPSA) is 12.0 Å². The lowest BCUT2D eigenvalue weighted by atomic mass is 9.95. The van der Waals surface area contributed by atoms with Crippen LogP contribution in [0.4, 0.5) is 0 Å². The highest BCUT2D eigenvalue weighted by Gasteiger charge is 2.37. The number of rotatable bonds is 4. The van der Waals surface area contributed by atoms with Gasteiger partial charge in [-0.1, -0.05) is 32.6 Å². The summed E-state index contributed by atoms with van der Waals surface area (Å²) in [4.78, 5) is 0. The quantitative estimate of drug-likeness (QED) is 0.760. The third kappa shape index (κ3) is 3.43. The number of hydrogen-bond acceptors (Lipinski definition) is 1. The largest absolute Gasteiger partial charge is 0.311 e. The van der Waals surface area contributed by atoms with Gasteiger partial charge in [-0.25, -0.2) is 0 Å². The zero-order valence-electron chi connectivity index (χ0n) is 9.30. The molecule has 2 fully saturated rings. The van der Waals surface area contributed by atoms with Crippen molar-refractivity contribution in [3.63, 3.8) is 0 Å². The average molecular weight is 218 g/mol. The Morgan fingerprint density at radius 1 is 1.14 bits per heavy atom.